The summed E-state index contributed by atoms with van der Waals surface area (Å²) in [6, 6.07) is -0.375. The Morgan fingerprint density at radius 3 is 2.44 bits per heavy atom. The van der Waals surface area contributed by atoms with Crippen molar-refractivity contribution in [3.8, 4) is 0 Å². The smallest absolute Gasteiger partial charge is 0.326 e. The molecule has 1 aliphatic carbocycles. The first-order chi connectivity index (χ1) is 8.65. The van der Waals surface area contributed by atoms with Crippen molar-refractivity contribution in [2.24, 2.45) is 0 Å². The molecule has 1 heterocycles. The lowest BCUT2D eigenvalue weighted by Gasteiger charge is -2.33. The van der Waals surface area contributed by atoms with E-state index in [1.807, 2.05) is 11.8 Å². The highest BCUT2D eigenvalue weighted by atomic mass is 16.4. The molecule has 2 aliphatic rings. The molecule has 1 atom stereocenters. The van der Waals surface area contributed by atoms with E-state index in [4.69, 9.17) is 5.11 Å². The first-order valence-corrected chi connectivity index (χ1v) is 6.95. The van der Waals surface area contributed by atoms with E-state index in [1.54, 1.807) is 4.90 Å². The van der Waals surface area contributed by atoms with Gasteiger partial charge in [-0.3, -0.25) is 0 Å². The predicted octanol–water partition coefficient (Wildman–Crippen LogP) is 1.92. The van der Waals surface area contributed by atoms with Crippen LogP contribution in [0.5, 0.6) is 0 Å². The van der Waals surface area contributed by atoms with Crippen LogP contribution >= 0.6 is 0 Å². The van der Waals surface area contributed by atoms with E-state index in [0.717, 1.165) is 19.3 Å². The van der Waals surface area contributed by atoms with Gasteiger partial charge in [-0.2, -0.15) is 0 Å². The lowest BCUT2D eigenvalue weighted by atomic mass is 10.2. The van der Waals surface area contributed by atoms with E-state index in [2.05, 4.69) is 0 Å². The monoisotopic (exact) mass is 254 g/mol. The Kier molecular flexibility index (Phi) is 4.09. The minimum absolute atomic E-state index is 0.0747. The third kappa shape index (κ3) is 2.44. The SMILES string of the molecule is CCN(C(=O)N1CCC[C@@H]1C(=O)O)C1CCCC1. The van der Waals surface area contributed by atoms with Crippen LogP contribution in [0.2, 0.25) is 0 Å². The number of carbonyl (C=O) groups is 2. The van der Waals surface area contributed by atoms with Crippen molar-refractivity contribution >= 4 is 12.0 Å². The van der Waals surface area contributed by atoms with Crippen LogP contribution < -0.4 is 0 Å². The van der Waals surface area contributed by atoms with Gasteiger partial charge in [-0.05, 0) is 32.6 Å². The van der Waals surface area contributed by atoms with Crippen LogP contribution in [0.15, 0.2) is 0 Å². The fourth-order valence-electron chi connectivity index (χ4n) is 3.18. The van der Waals surface area contributed by atoms with Gasteiger partial charge in [0, 0.05) is 19.1 Å². The van der Waals surface area contributed by atoms with Gasteiger partial charge in [0.1, 0.15) is 6.04 Å². The molecule has 1 N–H and O–H groups in total. The van der Waals surface area contributed by atoms with Crippen LogP contribution in [0.1, 0.15) is 45.4 Å². The van der Waals surface area contributed by atoms with Crippen LogP contribution in [0.4, 0.5) is 4.79 Å². The highest BCUT2D eigenvalue weighted by Crippen LogP contribution is 2.26. The maximum absolute atomic E-state index is 12.5. The molecule has 5 nitrogen and oxygen atoms in total. The Balaban J connectivity index is 2.06. The maximum atomic E-state index is 12.5. The van der Waals surface area contributed by atoms with Crippen molar-refractivity contribution < 1.29 is 14.7 Å². The summed E-state index contributed by atoms with van der Waals surface area (Å²) < 4.78 is 0. The summed E-state index contributed by atoms with van der Waals surface area (Å²) in [6.07, 6.45) is 5.86. The van der Waals surface area contributed by atoms with E-state index in [0.29, 0.717) is 25.6 Å². The summed E-state index contributed by atoms with van der Waals surface area (Å²) >= 11 is 0. The molecule has 0 aromatic heterocycles. The lowest BCUT2D eigenvalue weighted by Crippen LogP contribution is -2.50. The topological polar surface area (TPSA) is 60.9 Å². The largest absolute Gasteiger partial charge is 0.480 e. The molecule has 0 aromatic carbocycles. The zero-order valence-corrected chi connectivity index (χ0v) is 11.0. The molecule has 1 saturated heterocycles. The van der Waals surface area contributed by atoms with Crippen molar-refractivity contribution in [2.75, 3.05) is 13.1 Å². The Bertz CT molecular complexity index is 326. The number of hydrogen-bond acceptors (Lipinski definition) is 2. The van der Waals surface area contributed by atoms with Gasteiger partial charge < -0.3 is 14.9 Å². The zero-order chi connectivity index (χ0) is 13.1. The van der Waals surface area contributed by atoms with E-state index in [-0.39, 0.29) is 6.03 Å². The molecule has 2 amide bonds. The van der Waals surface area contributed by atoms with E-state index < -0.39 is 12.0 Å². The number of amides is 2. The van der Waals surface area contributed by atoms with E-state index >= 15 is 0 Å². The van der Waals surface area contributed by atoms with E-state index in [9.17, 15) is 9.59 Å². The molecule has 102 valence electrons. The molecular formula is C13H22N2O3. The number of carbonyl (C=O) groups excluding carboxylic acids is 1. The second kappa shape index (κ2) is 5.59. The molecule has 1 saturated carbocycles. The minimum Gasteiger partial charge on any atom is -0.480 e. The van der Waals surface area contributed by atoms with Crippen LogP contribution in [0.25, 0.3) is 0 Å². The van der Waals surface area contributed by atoms with Crippen LogP contribution in [0, 0.1) is 0 Å². The average molecular weight is 254 g/mol. The van der Waals surface area contributed by atoms with Gasteiger partial charge in [-0.15, -0.1) is 0 Å². The number of aliphatic carboxylic acids is 1. The first kappa shape index (κ1) is 13.2. The molecule has 0 bridgehead atoms. The highest BCUT2D eigenvalue weighted by Gasteiger charge is 2.38. The molecule has 0 radical (unpaired) electrons. The second-order valence-corrected chi connectivity index (χ2v) is 5.20. The Morgan fingerprint density at radius 1 is 1.22 bits per heavy atom. The molecule has 0 spiro atoms. The van der Waals surface area contributed by atoms with Gasteiger partial charge in [-0.25, -0.2) is 9.59 Å². The molecular weight excluding hydrogens is 232 g/mol. The summed E-state index contributed by atoms with van der Waals surface area (Å²) in [5.41, 5.74) is 0. The average Bonchev–Trinajstić information content (AvgIpc) is 3.00. The summed E-state index contributed by atoms with van der Waals surface area (Å²) in [4.78, 5) is 27.0. The third-order valence-electron chi connectivity index (χ3n) is 4.14. The summed E-state index contributed by atoms with van der Waals surface area (Å²) in [6.45, 7) is 3.23. The number of nitrogens with zero attached hydrogens (tertiary/aromatic N) is 2. The number of likely N-dealkylation sites (tertiary alicyclic amines) is 1. The van der Waals surface area contributed by atoms with Crippen molar-refractivity contribution in [3.63, 3.8) is 0 Å². The lowest BCUT2D eigenvalue weighted by molar-refractivity contribution is -0.141. The highest BCUT2D eigenvalue weighted by molar-refractivity contribution is 5.83. The van der Waals surface area contributed by atoms with Gasteiger partial charge in [0.05, 0.1) is 0 Å². The Labute approximate surface area is 108 Å². The molecule has 5 heteroatoms. The van der Waals surface area contributed by atoms with Gasteiger partial charge >= 0.3 is 12.0 Å². The van der Waals surface area contributed by atoms with Crippen molar-refractivity contribution in [1.82, 2.24) is 9.80 Å². The van der Waals surface area contributed by atoms with Crippen molar-refractivity contribution in [1.29, 1.82) is 0 Å². The molecule has 18 heavy (non-hydrogen) atoms. The number of rotatable bonds is 3. The van der Waals surface area contributed by atoms with Gasteiger partial charge in [0.25, 0.3) is 0 Å². The number of hydrogen-bond donors (Lipinski definition) is 1. The van der Waals surface area contributed by atoms with Gasteiger partial charge in [-0.1, -0.05) is 12.8 Å². The number of carboxylic acids is 1. The standard InChI is InChI=1S/C13H22N2O3/c1-2-14(10-6-3-4-7-10)13(18)15-9-5-8-11(15)12(16)17/h10-11H,2-9H2,1H3,(H,16,17)/t11-/m1/s1. The fraction of sp³-hybridized carbons (Fsp3) is 0.846. The second-order valence-electron chi connectivity index (χ2n) is 5.20. The van der Waals surface area contributed by atoms with Crippen LogP contribution in [-0.4, -0.2) is 52.1 Å². The zero-order valence-electron chi connectivity index (χ0n) is 11.0. The summed E-state index contributed by atoms with van der Waals surface area (Å²) in [5.74, 6) is -0.872. The van der Waals surface area contributed by atoms with Crippen molar-refractivity contribution in [2.45, 2.75) is 57.5 Å². The fourth-order valence-corrected chi connectivity index (χ4v) is 3.18. The van der Waals surface area contributed by atoms with Gasteiger partial charge in [0.2, 0.25) is 0 Å². The van der Waals surface area contributed by atoms with Crippen molar-refractivity contribution in [3.05, 3.63) is 0 Å². The Morgan fingerprint density at radius 2 is 1.89 bits per heavy atom. The third-order valence-corrected chi connectivity index (χ3v) is 4.14. The predicted molar refractivity (Wildman–Crippen MR) is 67.4 cm³/mol. The molecule has 1 aliphatic heterocycles. The van der Waals surface area contributed by atoms with Crippen LogP contribution in [-0.2, 0) is 4.79 Å². The first-order valence-electron chi connectivity index (χ1n) is 6.95. The molecule has 2 rings (SSSR count). The molecule has 0 unspecified atom stereocenters. The summed E-state index contributed by atoms with van der Waals surface area (Å²) in [7, 11) is 0. The van der Waals surface area contributed by atoms with E-state index in [1.165, 1.54) is 12.8 Å². The Hall–Kier alpha value is -1.26. The summed E-state index contributed by atoms with van der Waals surface area (Å²) in [5, 5.41) is 9.14. The molecule has 2 fully saturated rings. The molecule has 0 aromatic rings. The van der Waals surface area contributed by atoms with Crippen LogP contribution in [0.3, 0.4) is 0 Å². The van der Waals surface area contributed by atoms with Gasteiger partial charge in [0.15, 0.2) is 0 Å². The minimum atomic E-state index is -0.872. The quantitative estimate of drug-likeness (QED) is 0.837. The maximum Gasteiger partial charge on any atom is 0.326 e. The number of carboxylic acid groups (broad SMARTS) is 1. The normalized spacial score (nSPS) is 24.5. The number of urea groups is 1.